The monoisotopic (exact) mass is 230 g/mol. The van der Waals surface area contributed by atoms with Crippen LogP contribution in [-0.2, 0) is 16.6 Å². The van der Waals surface area contributed by atoms with Crippen LogP contribution in [0.15, 0.2) is 28.0 Å². The van der Waals surface area contributed by atoms with E-state index in [1.165, 1.54) is 11.9 Å². The number of nitrogens with two attached hydrogens (primary N) is 1. The summed E-state index contributed by atoms with van der Waals surface area (Å²) in [6.07, 6.45) is 0. The third kappa shape index (κ3) is 1.66. The molecule has 2 rings (SSSR count). The fourth-order valence-corrected chi connectivity index (χ4v) is 3.48. The summed E-state index contributed by atoms with van der Waals surface area (Å²) in [5, 5.41) is 5.12. The average molecular weight is 230 g/mol. The summed E-state index contributed by atoms with van der Waals surface area (Å²) in [5.74, 6) is 0. The molecule has 0 unspecified atom stereocenters. The Hall–Kier alpha value is -0.560. The van der Waals surface area contributed by atoms with Crippen LogP contribution in [0.25, 0.3) is 0 Å². The minimum absolute atomic E-state index is 0.226. The van der Waals surface area contributed by atoms with Gasteiger partial charge in [-0.1, -0.05) is 12.1 Å². The van der Waals surface area contributed by atoms with Crippen molar-refractivity contribution in [3.05, 3.63) is 23.8 Å². The number of fused-ring (bicyclic) bond motifs is 1. The first-order chi connectivity index (χ1) is 6.48. The van der Waals surface area contributed by atoms with E-state index >= 15 is 0 Å². The molecule has 4 nitrogen and oxygen atoms in total. The lowest BCUT2D eigenvalue weighted by atomic mass is 10.2. The average Bonchev–Trinajstić information content (AvgIpc) is 2.41. The van der Waals surface area contributed by atoms with Crippen LogP contribution in [0.1, 0.15) is 5.56 Å². The zero-order valence-corrected chi connectivity index (χ0v) is 9.23. The van der Waals surface area contributed by atoms with Crippen molar-refractivity contribution in [1.82, 2.24) is 4.31 Å². The van der Waals surface area contributed by atoms with Crippen LogP contribution in [0.5, 0.6) is 0 Å². The van der Waals surface area contributed by atoms with E-state index in [0.29, 0.717) is 0 Å². The van der Waals surface area contributed by atoms with Crippen molar-refractivity contribution in [3.63, 3.8) is 0 Å². The standard InChI is InChI=1S/C8H10N2O2S2/c1-10-5-6-3-2-4-7(8(6)13-10)14(9,11)12/h2-4H,5H2,1H3,(H2,9,11,12). The van der Waals surface area contributed by atoms with Crippen LogP contribution in [-0.4, -0.2) is 19.8 Å². The molecule has 0 amide bonds. The Bertz CT molecular complexity index is 470. The van der Waals surface area contributed by atoms with Crippen LogP contribution in [0.4, 0.5) is 0 Å². The molecule has 0 bridgehead atoms. The molecule has 0 radical (unpaired) electrons. The fraction of sp³-hybridized carbons (Fsp3) is 0.250. The van der Waals surface area contributed by atoms with Gasteiger partial charge in [0, 0.05) is 11.4 Å². The van der Waals surface area contributed by atoms with E-state index in [1.54, 1.807) is 12.1 Å². The summed E-state index contributed by atoms with van der Waals surface area (Å²) in [6, 6.07) is 5.18. The maximum atomic E-state index is 11.2. The van der Waals surface area contributed by atoms with E-state index in [0.717, 1.165) is 17.0 Å². The van der Waals surface area contributed by atoms with Crippen molar-refractivity contribution in [2.24, 2.45) is 5.14 Å². The Labute approximate surface area is 87.3 Å². The Morgan fingerprint density at radius 1 is 1.50 bits per heavy atom. The predicted molar refractivity (Wildman–Crippen MR) is 55.1 cm³/mol. The van der Waals surface area contributed by atoms with Gasteiger partial charge in [0.1, 0.15) is 0 Å². The predicted octanol–water partition coefficient (Wildman–Crippen LogP) is 0.787. The van der Waals surface area contributed by atoms with Gasteiger partial charge in [-0.25, -0.2) is 17.9 Å². The van der Waals surface area contributed by atoms with E-state index in [2.05, 4.69) is 0 Å². The van der Waals surface area contributed by atoms with Crippen molar-refractivity contribution in [2.75, 3.05) is 7.05 Å². The van der Waals surface area contributed by atoms with Crippen LogP contribution >= 0.6 is 11.9 Å². The van der Waals surface area contributed by atoms with Crippen molar-refractivity contribution in [2.45, 2.75) is 16.3 Å². The van der Waals surface area contributed by atoms with E-state index in [-0.39, 0.29) is 4.90 Å². The van der Waals surface area contributed by atoms with E-state index in [9.17, 15) is 8.42 Å². The lowest BCUT2D eigenvalue weighted by Gasteiger charge is -2.04. The van der Waals surface area contributed by atoms with Crippen LogP contribution < -0.4 is 5.14 Å². The first kappa shape index (κ1) is 9.97. The minimum atomic E-state index is -3.60. The molecule has 0 saturated carbocycles. The molecule has 0 fully saturated rings. The summed E-state index contributed by atoms with van der Waals surface area (Å²) >= 11 is 1.42. The van der Waals surface area contributed by atoms with Gasteiger partial charge in [0.25, 0.3) is 0 Å². The second kappa shape index (κ2) is 3.23. The van der Waals surface area contributed by atoms with Crippen molar-refractivity contribution < 1.29 is 8.42 Å². The first-order valence-corrected chi connectivity index (χ1v) is 6.34. The highest BCUT2D eigenvalue weighted by Gasteiger charge is 2.24. The Morgan fingerprint density at radius 3 is 2.86 bits per heavy atom. The maximum absolute atomic E-state index is 11.2. The topological polar surface area (TPSA) is 63.4 Å². The molecule has 0 atom stereocenters. The second-order valence-electron chi connectivity index (χ2n) is 3.17. The zero-order chi connectivity index (χ0) is 10.3. The van der Waals surface area contributed by atoms with E-state index in [1.807, 2.05) is 17.4 Å². The third-order valence-corrected chi connectivity index (χ3v) is 4.20. The Balaban J connectivity index is 2.62. The smallest absolute Gasteiger partial charge is 0.239 e. The summed E-state index contributed by atoms with van der Waals surface area (Å²) in [6.45, 7) is 0.753. The van der Waals surface area contributed by atoms with Crippen LogP contribution in [0, 0.1) is 0 Å². The van der Waals surface area contributed by atoms with Crippen LogP contribution in [0.3, 0.4) is 0 Å². The van der Waals surface area contributed by atoms with Gasteiger partial charge in [0.2, 0.25) is 10.0 Å². The molecule has 2 N–H and O–H groups in total. The number of sulfonamides is 1. The Morgan fingerprint density at radius 2 is 2.21 bits per heavy atom. The van der Waals surface area contributed by atoms with Gasteiger partial charge >= 0.3 is 0 Å². The Kier molecular flexibility index (Phi) is 2.30. The molecule has 76 valence electrons. The highest BCUT2D eigenvalue weighted by atomic mass is 32.2. The SMILES string of the molecule is CN1Cc2cccc(S(N)(=O)=O)c2S1. The first-order valence-electron chi connectivity index (χ1n) is 4.02. The quantitative estimate of drug-likeness (QED) is 0.724. The van der Waals surface area contributed by atoms with Gasteiger partial charge in [0.15, 0.2) is 0 Å². The molecule has 6 heteroatoms. The number of hydrogen-bond acceptors (Lipinski definition) is 4. The maximum Gasteiger partial charge on any atom is 0.239 e. The lowest BCUT2D eigenvalue weighted by molar-refractivity contribution is 0.580. The second-order valence-corrected chi connectivity index (χ2v) is 5.91. The molecule has 0 spiro atoms. The van der Waals surface area contributed by atoms with Crippen molar-refractivity contribution >= 4 is 22.0 Å². The highest BCUT2D eigenvalue weighted by Crippen LogP contribution is 2.38. The largest absolute Gasteiger partial charge is 0.245 e. The minimum Gasteiger partial charge on any atom is -0.245 e. The number of primary sulfonamides is 1. The summed E-state index contributed by atoms with van der Waals surface area (Å²) < 4.78 is 24.5. The van der Waals surface area contributed by atoms with Gasteiger partial charge in [-0.2, -0.15) is 0 Å². The normalized spacial score (nSPS) is 17.0. The molecular formula is C8H10N2O2S2. The number of nitrogens with zero attached hydrogens (tertiary/aromatic N) is 1. The number of benzene rings is 1. The van der Waals surface area contributed by atoms with Gasteiger partial charge in [0.05, 0.1) is 4.90 Å². The molecule has 0 saturated heterocycles. The molecule has 0 aromatic heterocycles. The summed E-state index contributed by atoms with van der Waals surface area (Å²) in [4.78, 5) is 0.988. The fourth-order valence-electron chi connectivity index (χ4n) is 1.44. The lowest BCUT2D eigenvalue weighted by Crippen LogP contribution is -2.13. The summed E-state index contributed by atoms with van der Waals surface area (Å²) in [7, 11) is -1.68. The molecule has 1 aromatic rings. The number of rotatable bonds is 1. The third-order valence-electron chi connectivity index (χ3n) is 2.01. The van der Waals surface area contributed by atoms with Gasteiger partial charge in [-0.05, 0) is 30.6 Å². The summed E-state index contributed by atoms with van der Waals surface area (Å²) in [5.41, 5.74) is 1.02. The van der Waals surface area contributed by atoms with Gasteiger partial charge in [-0.15, -0.1) is 0 Å². The molecule has 14 heavy (non-hydrogen) atoms. The molecular weight excluding hydrogens is 220 g/mol. The molecule has 1 aliphatic heterocycles. The van der Waals surface area contributed by atoms with Crippen molar-refractivity contribution in [1.29, 1.82) is 0 Å². The van der Waals surface area contributed by atoms with Gasteiger partial charge < -0.3 is 0 Å². The molecule has 1 heterocycles. The molecule has 1 aliphatic rings. The van der Waals surface area contributed by atoms with E-state index in [4.69, 9.17) is 5.14 Å². The zero-order valence-electron chi connectivity index (χ0n) is 7.60. The van der Waals surface area contributed by atoms with Gasteiger partial charge in [-0.3, -0.25) is 0 Å². The highest BCUT2D eigenvalue weighted by molar-refractivity contribution is 7.98. The molecule has 0 aliphatic carbocycles. The number of hydrogen-bond donors (Lipinski definition) is 1. The van der Waals surface area contributed by atoms with E-state index < -0.39 is 10.0 Å². The van der Waals surface area contributed by atoms with Crippen molar-refractivity contribution in [3.8, 4) is 0 Å². The molecule has 1 aromatic carbocycles. The van der Waals surface area contributed by atoms with Crippen LogP contribution in [0.2, 0.25) is 0 Å².